The second kappa shape index (κ2) is 5.54. The number of aromatic nitrogens is 3. The Bertz CT molecular complexity index is 795. The summed E-state index contributed by atoms with van der Waals surface area (Å²) < 4.78 is 1.74. The highest BCUT2D eigenvalue weighted by molar-refractivity contribution is 6.30. The van der Waals surface area contributed by atoms with E-state index < -0.39 is 0 Å². The molecule has 1 amide bonds. The van der Waals surface area contributed by atoms with E-state index in [9.17, 15) is 4.79 Å². The lowest BCUT2D eigenvalue weighted by Gasteiger charge is -2.06. The number of benzene rings is 1. The molecule has 0 aliphatic rings. The first-order valence-corrected chi connectivity index (χ1v) is 6.84. The van der Waals surface area contributed by atoms with Crippen molar-refractivity contribution in [3.8, 4) is 0 Å². The number of hydrogen-bond acceptors (Lipinski definition) is 3. The fraction of sp³-hybridized carbons (Fsp3) is 0.133. The maximum atomic E-state index is 12.4. The predicted octanol–water partition coefficient (Wildman–Crippen LogP) is 2.62. The summed E-state index contributed by atoms with van der Waals surface area (Å²) in [6.07, 6.45) is 4.99. The van der Waals surface area contributed by atoms with Crippen LogP contribution in [0.2, 0.25) is 5.02 Å². The Kier molecular flexibility index (Phi) is 3.58. The SMILES string of the molecule is Cc1nc2cnccn2c1C(=O)NCc1ccc(Cl)cc1. The molecule has 106 valence electrons. The fourth-order valence-electron chi connectivity index (χ4n) is 2.17. The summed E-state index contributed by atoms with van der Waals surface area (Å²) in [4.78, 5) is 20.7. The molecular weight excluding hydrogens is 288 g/mol. The van der Waals surface area contributed by atoms with Gasteiger partial charge in [0.15, 0.2) is 5.65 Å². The van der Waals surface area contributed by atoms with Crippen LogP contribution in [0, 0.1) is 6.92 Å². The number of carbonyl (C=O) groups is 1. The van der Waals surface area contributed by atoms with Crippen LogP contribution < -0.4 is 5.32 Å². The molecule has 21 heavy (non-hydrogen) atoms. The van der Waals surface area contributed by atoms with Gasteiger partial charge in [0.05, 0.1) is 11.9 Å². The van der Waals surface area contributed by atoms with E-state index >= 15 is 0 Å². The molecule has 0 unspecified atom stereocenters. The van der Waals surface area contributed by atoms with Crippen molar-refractivity contribution in [3.05, 3.63) is 64.8 Å². The number of nitrogens with zero attached hydrogens (tertiary/aromatic N) is 3. The minimum Gasteiger partial charge on any atom is -0.347 e. The molecule has 0 aliphatic heterocycles. The molecular formula is C15H13ClN4O. The number of nitrogens with one attached hydrogen (secondary N) is 1. The second-order valence-electron chi connectivity index (χ2n) is 4.66. The van der Waals surface area contributed by atoms with Gasteiger partial charge in [-0.15, -0.1) is 0 Å². The Morgan fingerprint density at radius 3 is 2.86 bits per heavy atom. The molecule has 2 aromatic heterocycles. The van der Waals surface area contributed by atoms with Crippen molar-refractivity contribution in [1.29, 1.82) is 0 Å². The summed E-state index contributed by atoms with van der Waals surface area (Å²) in [5.74, 6) is -0.166. The Morgan fingerprint density at radius 2 is 2.10 bits per heavy atom. The number of fused-ring (bicyclic) bond motifs is 1. The molecule has 0 saturated heterocycles. The van der Waals surface area contributed by atoms with Crippen LogP contribution in [0.1, 0.15) is 21.7 Å². The molecule has 0 saturated carbocycles. The first kappa shape index (κ1) is 13.6. The maximum absolute atomic E-state index is 12.4. The van der Waals surface area contributed by atoms with Gasteiger partial charge in [0.2, 0.25) is 0 Å². The molecule has 5 nitrogen and oxygen atoms in total. The largest absolute Gasteiger partial charge is 0.347 e. The fourth-order valence-corrected chi connectivity index (χ4v) is 2.29. The summed E-state index contributed by atoms with van der Waals surface area (Å²) in [5.41, 5.74) is 2.85. The van der Waals surface area contributed by atoms with Crippen molar-refractivity contribution in [1.82, 2.24) is 19.7 Å². The Hall–Kier alpha value is -2.40. The van der Waals surface area contributed by atoms with Crippen LogP contribution in [0.4, 0.5) is 0 Å². The van der Waals surface area contributed by atoms with Crippen molar-refractivity contribution in [2.24, 2.45) is 0 Å². The van der Waals surface area contributed by atoms with E-state index in [0.29, 0.717) is 28.6 Å². The Balaban J connectivity index is 1.81. The smallest absolute Gasteiger partial charge is 0.270 e. The standard InChI is InChI=1S/C15H13ClN4O/c1-10-14(20-7-6-17-9-13(20)19-10)15(21)18-8-11-2-4-12(16)5-3-11/h2-7,9H,8H2,1H3,(H,18,21). The molecule has 1 N–H and O–H groups in total. The summed E-state index contributed by atoms with van der Waals surface area (Å²) in [6.45, 7) is 2.25. The lowest BCUT2D eigenvalue weighted by Crippen LogP contribution is -2.24. The molecule has 0 atom stereocenters. The number of rotatable bonds is 3. The van der Waals surface area contributed by atoms with Gasteiger partial charge in [0.1, 0.15) is 5.69 Å². The predicted molar refractivity (Wildman–Crippen MR) is 80.3 cm³/mol. The van der Waals surface area contributed by atoms with E-state index in [1.165, 1.54) is 0 Å². The summed E-state index contributed by atoms with van der Waals surface area (Å²) >= 11 is 5.84. The Labute approximate surface area is 126 Å². The first-order chi connectivity index (χ1) is 10.1. The van der Waals surface area contributed by atoms with E-state index in [-0.39, 0.29) is 5.91 Å². The van der Waals surface area contributed by atoms with Crippen LogP contribution >= 0.6 is 11.6 Å². The van der Waals surface area contributed by atoms with E-state index in [2.05, 4.69) is 15.3 Å². The third-order valence-corrected chi connectivity index (χ3v) is 3.44. The van der Waals surface area contributed by atoms with Crippen LogP contribution in [0.5, 0.6) is 0 Å². The normalized spacial score (nSPS) is 10.8. The highest BCUT2D eigenvalue weighted by Gasteiger charge is 2.15. The average Bonchev–Trinajstić information content (AvgIpc) is 2.82. The summed E-state index contributed by atoms with van der Waals surface area (Å²) in [6, 6.07) is 7.37. The molecule has 6 heteroatoms. The number of imidazole rings is 1. The molecule has 3 rings (SSSR count). The number of aryl methyl sites for hydroxylation is 1. The van der Waals surface area contributed by atoms with Gasteiger partial charge in [0, 0.05) is 24.0 Å². The van der Waals surface area contributed by atoms with E-state index in [0.717, 1.165) is 5.56 Å². The van der Waals surface area contributed by atoms with E-state index in [4.69, 9.17) is 11.6 Å². The average molecular weight is 301 g/mol. The molecule has 0 fully saturated rings. The lowest BCUT2D eigenvalue weighted by molar-refractivity contribution is 0.0944. The van der Waals surface area contributed by atoms with Gasteiger partial charge in [0.25, 0.3) is 5.91 Å². The highest BCUT2D eigenvalue weighted by Crippen LogP contribution is 2.12. The third-order valence-electron chi connectivity index (χ3n) is 3.19. The van der Waals surface area contributed by atoms with Crippen LogP contribution in [-0.4, -0.2) is 20.3 Å². The van der Waals surface area contributed by atoms with Crippen LogP contribution in [-0.2, 0) is 6.54 Å². The molecule has 0 spiro atoms. The molecule has 0 bridgehead atoms. The number of halogens is 1. The van der Waals surface area contributed by atoms with Gasteiger partial charge in [-0.3, -0.25) is 14.2 Å². The lowest BCUT2D eigenvalue weighted by atomic mass is 10.2. The van der Waals surface area contributed by atoms with Crippen molar-refractivity contribution >= 4 is 23.2 Å². The number of amides is 1. The monoisotopic (exact) mass is 300 g/mol. The highest BCUT2D eigenvalue weighted by atomic mass is 35.5. The van der Waals surface area contributed by atoms with Gasteiger partial charge in [-0.2, -0.15) is 0 Å². The summed E-state index contributed by atoms with van der Waals surface area (Å²) in [5, 5.41) is 3.57. The van der Waals surface area contributed by atoms with E-state index in [1.807, 2.05) is 19.1 Å². The van der Waals surface area contributed by atoms with Gasteiger partial charge in [-0.25, -0.2) is 4.98 Å². The summed E-state index contributed by atoms with van der Waals surface area (Å²) in [7, 11) is 0. The van der Waals surface area contributed by atoms with Crippen molar-refractivity contribution < 1.29 is 4.79 Å². The van der Waals surface area contributed by atoms with Crippen molar-refractivity contribution in [2.45, 2.75) is 13.5 Å². The van der Waals surface area contributed by atoms with Crippen molar-refractivity contribution in [2.75, 3.05) is 0 Å². The third kappa shape index (κ3) is 2.73. The number of carbonyl (C=O) groups excluding carboxylic acids is 1. The molecule has 0 radical (unpaired) electrons. The van der Waals surface area contributed by atoms with E-state index in [1.54, 1.807) is 35.1 Å². The second-order valence-corrected chi connectivity index (χ2v) is 5.10. The molecule has 1 aromatic carbocycles. The quantitative estimate of drug-likeness (QED) is 0.809. The van der Waals surface area contributed by atoms with Gasteiger partial charge < -0.3 is 5.32 Å². The zero-order chi connectivity index (χ0) is 14.8. The topological polar surface area (TPSA) is 59.3 Å². The minimum absolute atomic E-state index is 0.166. The Morgan fingerprint density at radius 1 is 1.33 bits per heavy atom. The van der Waals surface area contributed by atoms with Crippen molar-refractivity contribution in [3.63, 3.8) is 0 Å². The first-order valence-electron chi connectivity index (χ1n) is 6.46. The van der Waals surface area contributed by atoms with Crippen LogP contribution in [0.25, 0.3) is 5.65 Å². The molecule has 2 heterocycles. The maximum Gasteiger partial charge on any atom is 0.270 e. The van der Waals surface area contributed by atoms with Crippen LogP contribution in [0.3, 0.4) is 0 Å². The number of hydrogen-bond donors (Lipinski definition) is 1. The van der Waals surface area contributed by atoms with Gasteiger partial charge >= 0.3 is 0 Å². The molecule has 3 aromatic rings. The van der Waals surface area contributed by atoms with Crippen LogP contribution in [0.15, 0.2) is 42.9 Å². The van der Waals surface area contributed by atoms with Gasteiger partial charge in [-0.1, -0.05) is 23.7 Å². The zero-order valence-electron chi connectivity index (χ0n) is 11.4. The minimum atomic E-state index is -0.166. The zero-order valence-corrected chi connectivity index (χ0v) is 12.1. The molecule has 0 aliphatic carbocycles. The van der Waals surface area contributed by atoms with Gasteiger partial charge in [-0.05, 0) is 24.6 Å².